The molecule has 0 saturated carbocycles. The third kappa shape index (κ3) is 15.3. The number of nitrogens with zero attached hydrogens (tertiary/aromatic N) is 2. The summed E-state index contributed by atoms with van der Waals surface area (Å²) in [5, 5.41) is 39.0. The molecule has 0 amide bonds. The molecule has 12 rings (SSSR count). The van der Waals surface area contributed by atoms with Gasteiger partial charge in [-0.25, -0.2) is 8.78 Å². The van der Waals surface area contributed by atoms with E-state index in [4.69, 9.17) is 5.11 Å². The second kappa shape index (κ2) is 28.0. The Morgan fingerprint density at radius 3 is 1.13 bits per heavy atom. The van der Waals surface area contributed by atoms with E-state index in [1.54, 1.807) is 12.1 Å². The molecular formula is C79H86F2N2O4S2Zr. The van der Waals surface area contributed by atoms with Crippen LogP contribution in [0.2, 0.25) is 0 Å². The summed E-state index contributed by atoms with van der Waals surface area (Å²) >= 11 is 2.84. The number of aliphatic hydroxyl groups is 1. The molecule has 0 aliphatic heterocycles. The Balaban J connectivity index is 0.000000189. The molecule has 0 aliphatic carbocycles. The van der Waals surface area contributed by atoms with E-state index in [0.717, 1.165) is 73.6 Å². The molecule has 0 unspecified atom stereocenters. The minimum absolute atomic E-state index is 0. The van der Waals surface area contributed by atoms with Gasteiger partial charge in [0.15, 0.2) is 18.1 Å². The van der Waals surface area contributed by atoms with Gasteiger partial charge in [-0.2, -0.15) is 49.2 Å². The molecule has 90 heavy (non-hydrogen) atoms. The van der Waals surface area contributed by atoms with Crippen molar-refractivity contribution in [1.82, 2.24) is 9.13 Å². The van der Waals surface area contributed by atoms with Gasteiger partial charge in [-0.15, -0.1) is 46.9 Å². The Hall–Kier alpha value is -7.40. The third-order valence-corrected chi connectivity index (χ3v) is 18.1. The van der Waals surface area contributed by atoms with Crippen molar-refractivity contribution in [2.24, 2.45) is 0 Å². The van der Waals surface area contributed by atoms with Gasteiger partial charge in [-0.05, 0) is 129 Å². The van der Waals surface area contributed by atoms with Crippen molar-refractivity contribution < 1.29 is 55.0 Å². The Labute approximate surface area is 558 Å². The van der Waals surface area contributed by atoms with Crippen molar-refractivity contribution in [2.45, 2.75) is 125 Å². The monoisotopic (exact) mass is 1320 g/mol. The molecule has 8 aromatic carbocycles. The number of thiophene rings is 2. The first kappa shape index (κ1) is 68.5. The molecule has 0 saturated heterocycles. The maximum atomic E-state index is 14.4. The van der Waals surface area contributed by atoms with Crippen LogP contribution in [-0.4, -0.2) is 42.4 Å². The predicted molar refractivity (Wildman–Crippen MR) is 377 cm³/mol. The van der Waals surface area contributed by atoms with E-state index in [-0.39, 0.29) is 71.0 Å². The van der Waals surface area contributed by atoms with Gasteiger partial charge in [0, 0.05) is 83.0 Å². The Kier molecular flexibility index (Phi) is 21.3. The maximum absolute atomic E-state index is 14.4. The summed E-state index contributed by atoms with van der Waals surface area (Å²) in [6, 6.07) is 55.5. The van der Waals surface area contributed by atoms with E-state index in [1.165, 1.54) is 80.0 Å². The number of fused-ring (bicyclic) bond motifs is 6. The number of hydrogen-bond acceptors (Lipinski definition) is 4. The summed E-state index contributed by atoms with van der Waals surface area (Å²) in [5.74, 6) is 0.290. The number of rotatable bonds is 9. The molecule has 11 heteroatoms. The topological polar surface area (TPSA) is 86.0 Å². The first-order chi connectivity index (χ1) is 42.0. The molecule has 0 radical (unpaired) electrons. The normalized spacial score (nSPS) is 11.8. The van der Waals surface area contributed by atoms with Crippen molar-refractivity contribution in [3.8, 4) is 49.5 Å². The minimum Gasteiger partial charge on any atom is -0.582 e. The van der Waals surface area contributed by atoms with Crippen molar-refractivity contribution in [3.63, 3.8) is 0 Å². The fraction of sp³-hybridized carbons (Fsp3) is 0.266. The molecule has 4 heterocycles. The molecule has 0 aliphatic rings. The number of aromatic hydroxyl groups is 3. The van der Waals surface area contributed by atoms with Crippen LogP contribution >= 0.6 is 22.7 Å². The van der Waals surface area contributed by atoms with E-state index in [2.05, 4.69) is 184 Å². The number of benzene rings is 8. The largest absolute Gasteiger partial charge is 0.582 e. The van der Waals surface area contributed by atoms with Crippen LogP contribution in [0.1, 0.15) is 135 Å². The van der Waals surface area contributed by atoms with Crippen molar-refractivity contribution in [2.75, 3.05) is 13.2 Å². The summed E-state index contributed by atoms with van der Waals surface area (Å²) in [6.07, 6.45) is 1.58. The number of aryl methyl sites for hydroxylation is 1. The number of unbranched alkanes of at least 4 members (excludes halogenated alkanes) is 1. The van der Waals surface area contributed by atoms with E-state index in [0.29, 0.717) is 40.0 Å². The van der Waals surface area contributed by atoms with Gasteiger partial charge in [-0.3, -0.25) is 0 Å². The zero-order chi connectivity index (χ0) is 64.3. The first-order valence-corrected chi connectivity index (χ1v) is 32.2. The van der Waals surface area contributed by atoms with Gasteiger partial charge < -0.3 is 29.2 Å². The second-order valence-corrected chi connectivity index (χ2v) is 28.9. The summed E-state index contributed by atoms with van der Waals surface area (Å²) in [5.41, 5.74) is 15.0. The van der Waals surface area contributed by atoms with Crippen LogP contribution in [0, 0.1) is 32.4 Å². The van der Waals surface area contributed by atoms with E-state index in [9.17, 15) is 19.0 Å². The average molecular weight is 1320 g/mol. The molecule has 5 N–H and O–H groups in total. The van der Waals surface area contributed by atoms with Crippen LogP contribution < -0.4 is 0 Å². The first-order valence-electron chi connectivity index (χ1n) is 30.5. The summed E-state index contributed by atoms with van der Waals surface area (Å²) in [7, 11) is 0. The average Bonchev–Trinajstić information content (AvgIpc) is 1.59. The molecular weight excluding hydrogens is 1230 g/mol. The SMILES string of the molecule is CC(C)(C)c1ccc2c(c1)c1cc(C(C)(C)C)ccc1n2-c1csc(-c2cc(F)ccc2[OH+]CCCC[OH2+])c1O.Cc1ccc(F)cc1-c1scc(-n2c3ccc(C(C)(C)C)cc3c3cc(C(C)(C)C)ccc32)c1O.[CH2-]c1ccccc1.[CH2-]c1ccccc1.[Zr]. The van der Waals surface area contributed by atoms with Crippen LogP contribution in [-0.2, 0) is 47.9 Å². The van der Waals surface area contributed by atoms with E-state index < -0.39 is 0 Å². The van der Waals surface area contributed by atoms with E-state index >= 15 is 0 Å². The van der Waals surface area contributed by atoms with E-state index in [1.807, 2.05) is 78.3 Å². The Morgan fingerprint density at radius 1 is 0.456 bits per heavy atom. The van der Waals surface area contributed by atoms with Crippen molar-refractivity contribution in [3.05, 3.63) is 245 Å². The number of ether oxygens (including phenoxy) is 1. The standard InChI is InChI=1S/C34H38FNO3S.C31H32FNOS.2C7H7.Zr/c1-33(2,3)21-9-12-27-24(17-21)25-18-22(34(4,5)6)10-13-28(25)36(27)29-20-40-32(31(29)38)26-19-23(35)11-14-30(26)39-16-8-7-15-37;1-18-8-11-21(32)16-22(18)29-28(34)27(17-35-29)33-25-12-9-19(30(2,3)4)14-23(25)24-15-20(31(5,6)7)10-13-26(24)33;2*1-7-5-3-2-4-6-7;/h9-14,17-20,37-38H,7-8,15-16H2,1-6H3;8-17,34H,1-7H3;2*2-6H,1H2;/q;;2*-1;/p+2. The van der Waals surface area contributed by atoms with Crippen LogP contribution in [0.4, 0.5) is 8.78 Å². The van der Waals surface area contributed by atoms with Gasteiger partial charge in [0.05, 0.1) is 48.8 Å². The van der Waals surface area contributed by atoms with Gasteiger partial charge in [0.25, 0.3) is 5.75 Å². The fourth-order valence-corrected chi connectivity index (χ4v) is 12.8. The summed E-state index contributed by atoms with van der Waals surface area (Å²) < 4.78 is 37.4. The molecule has 466 valence electrons. The fourth-order valence-electron chi connectivity index (χ4n) is 10.9. The van der Waals surface area contributed by atoms with Gasteiger partial charge in [-0.1, -0.05) is 126 Å². The molecule has 12 aromatic rings. The Bertz CT molecular complexity index is 4250. The summed E-state index contributed by atoms with van der Waals surface area (Å²) in [4.78, 5) is 1.28. The number of aromatic nitrogens is 2. The molecule has 0 bridgehead atoms. The van der Waals surface area contributed by atoms with Gasteiger partial charge in [0.1, 0.15) is 18.2 Å². The quantitative estimate of drug-likeness (QED) is 0.0857. The number of halogens is 2. The molecule has 0 spiro atoms. The second-order valence-electron chi connectivity index (χ2n) is 27.1. The van der Waals surface area contributed by atoms with Crippen LogP contribution in [0.5, 0.6) is 17.2 Å². The summed E-state index contributed by atoms with van der Waals surface area (Å²) in [6.45, 7) is 37.0. The van der Waals surface area contributed by atoms with Gasteiger partial charge in [0.2, 0.25) is 0 Å². The Morgan fingerprint density at radius 2 is 0.800 bits per heavy atom. The molecule has 0 atom stereocenters. The van der Waals surface area contributed by atoms with Crippen LogP contribution in [0.3, 0.4) is 0 Å². The van der Waals surface area contributed by atoms with Crippen molar-refractivity contribution >= 4 is 66.3 Å². The zero-order valence-corrected chi connectivity index (χ0v) is 58.5. The zero-order valence-electron chi connectivity index (χ0n) is 54.4. The van der Waals surface area contributed by atoms with Gasteiger partial charge >= 0.3 is 0 Å². The van der Waals surface area contributed by atoms with Crippen molar-refractivity contribution in [1.29, 1.82) is 0 Å². The maximum Gasteiger partial charge on any atom is 0.263 e. The smallest absolute Gasteiger partial charge is 0.263 e. The number of hydrogen-bond donors (Lipinski definition) is 2. The molecule has 6 nitrogen and oxygen atoms in total. The van der Waals surface area contributed by atoms with Crippen LogP contribution in [0.25, 0.3) is 75.9 Å². The predicted octanol–water partition coefficient (Wildman–Crippen LogP) is 21.7. The molecule has 0 fully saturated rings. The third-order valence-electron chi connectivity index (χ3n) is 16.2. The minimum atomic E-state index is -0.365. The molecule has 4 aromatic heterocycles. The van der Waals surface area contributed by atoms with Crippen LogP contribution in [0.15, 0.2) is 181 Å².